The number of ether oxygens (including phenoxy) is 1. The Kier molecular flexibility index (Phi) is 4.98. The Bertz CT molecular complexity index is 935. The van der Waals surface area contributed by atoms with Gasteiger partial charge >= 0.3 is 0 Å². The number of amides is 2. The average molecular weight is 350 g/mol. The third-order valence-corrected chi connectivity index (χ3v) is 3.78. The monoisotopic (exact) mass is 350 g/mol. The van der Waals surface area contributed by atoms with Crippen molar-refractivity contribution in [3.63, 3.8) is 0 Å². The average Bonchev–Trinajstić information content (AvgIpc) is 3.17. The molecule has 3 rings (SSSR count). The van der Waals surface area contributed by atoms with Gasteiger partial charge in [0.1, 0.15) is 11.4 Å². The molecule has 3 N–H and O–H groups in total. The van der Waals surface area contributed by atoms with Crippen LogP contribution in [0.15, 0.2) is 54.6 Å². The number of benzene rings is 2. The van der Waals surface area contributed by atoms with Crippen molar-refractivity contribution >= 4 is 11.8 Å². The second-order valence-electron chi connectivity index (χ2n) is 5.64. The van der Waals surface area contributed by atoms with Crippen LogP contribution in [0.4, 0.5) is 0 Å². The van der Waals surface area contributed by atoms with E-state index in [2.05, 4.69) is 21.0 Å². The van der Waals surface area contributed by atoms with Gasteiger partial charge in [-0.25, -0.2) is 0 Å². The Balaban J connectivity index is 1.67. The summed E-state index contributed by atoms with van der Waals surface area (Å²) in [5, 5.41) is 6.77. The topological polar surface area (TPSA) is 96.1 Å². The molecule has 26 heavy (non-hydrogen) atoms. The van der Waals surface area contributed by atoms with Gasteiger partial charge in [-0.3, -0.25) is 25.5 Å². The lowest BCUT2D eigenvalue weighted by Gasteiger charge is -2.10. The Morgan fingerprint density at radius 1 is 1.00 bits per heavy atom. The number of rotatable bonds is 4. The van der Waals surface area contributed by atoms with E-state index in [0.29, 0.717) is 17.0 Å². The van der Waals surface area contributed by atoms with Crippen molar-refractivity contribution < 1.29 is 14.3 Å². The molecule has 2 aromatic carbocycles. The number of nitrogens with one attached hydrogen (secondary N) is 3. The minimum atomic E-state index is -0.500. The van der Waals surface area contributed by atoms with E-state index in [1.165, 1.54) is 7.11 Å². The maximum Gasteiger partial charge on any atom is 0.287 e. The molecule has 0 saturated carbocycles. The van der Waals surface area contributed by atoms with E-state index in [-0.39, 0.29) is 5.69 Å². The van der Waals surface area contributed by atoms with Crippen LogP contribution in [-0.4, -0.2) is 29.1 Å². The fraction of sp³-hybridized carbons (Fsp3) is 0.105. The van der Waals surface area contributed by atoms with Crippen LogP contribution in [0.1, 0.15) is 26.4 Å². The number of aromatic nitrogens is 2. The summed E-state index contributed by atoms with van der Waals surface area (Å²) in [6.45, 7) is 1.87. The molecule has 7 heteroatoms. The predicted octanol–water partition coefficient (Wildman–Crippen LogP) is 2.47. The van der Waals surface area contributed by atoms with E-state index in [1.54, 1.807) is 18.2 Å². The zero-order chi connectivity index (χ0) is 18.5. The summed E-state index contributed by atoms with van der Waals surface area (Å²) in [5.74, 6) is -0.545. The molecule has 7 nitrogen and oxygen atoms in total. The number of aromatic amines is 1. The van der Waals surface area contributed by atoms with Crippen molar-refractivity contribution in [2.45, 2.75) is 6.92 Å². The molecule has 1 heterocycles. The Hall–Kier alpha value is -3.61. The molecule has 0 aliphatic carbocycles. The molecule has 0 radical (unpaired) electrons. The minimum Gasteiger partial charge on any atom is -0.496 e. The maximum atomic E-state index is 12.3. The van der Waals surface area contributed by atoms with Crippen LogP contribution < -0.4 is 15.6 Å². The van der Waals surface area contributed by atoms with E-state index in [4.69, 9.17) is 4.74 Å². The lowest BCUT2D eigenvalue weighted by Crippen LogP contribution is -2.41. The van der Waals surface area contributed by atoms with Crippen LogP contribution in [0.2, 0.25) is 0 Å². The summed E-state index contributed by atoms with van der Waals surface area (Å²) in [6.07, 6.45) is 0. The molecule has 2 amide bonds. The van der Waals surface area contributed by atoms with Crippen LogP contribution in [-0.2, 0) is 0 Å². The first-order valence-electron chi connectivity index (χ1n) is 7.94. The van der Waals surface area contributed by atoms with Crippen LogP contribution >= 0.6 is 0 Å². The van der Waals surface area contributed by atoms with Crippen molar-refractivity contribution in [2.75, 3.05) is 7.11 Å². The standard InChI is InChI=1S/C19H18N4O3/c1-12-8-9-17(26-2)14(10-12)18(24)22-23-19(25)16-11-15(20-21-16)13-6-4-3-5-7-13/h3-11H,1-2H3,(H,20,21)(H,22,24)(H,23,25). The first kappa shape index (κ1) is 17.2. The number of carbonyl (C=O) groups is 2. The molecule has 0 atom stereocenters. The highest BCUT2D eigenvalue weighted by Crippen LogP contribution is 2.19. The third-order valence-electron chi connectivity index (χ3n) is 3.78. The summed E-state index contributed by atoms with van der Waals surface area (Å²) in [4.78, 5) is 24.5. The molecule has 0 spiro atoms. The fourth-order valence-electron chi connectivity index (χ4n) is 2.44. The van der Waals surface area contributed by atoms with Gasteiger partial charge < -0.3 is 4.74 Å². The molecule has 3 aromatic rings. The molecule has 0 saturated heterocycles. The van der Waals surface area contributed by atoms with Gasteiger partial charge in [-0.1, -0.05) is 42.0 Å². The number of hydrogen-bond donors (Lipinski definition) is 3. The van der Waals surface area contributed by atoms with Gasteiger partial charge in [0.25, 0.3) is 11.8 Å². The van der Waals surface area contributed by atoms with Crippen LogP contribution in [0, 0.1) is 6.92 Å². The normalized spacial score (nSPS) is 10.2. The van der Waals surface area contributed by atoms with Gasteiger partial charge in [0.15, 0.2) is 0 Å². The molecule has 0 unspecified atom stereocenters. The van der Waals surface area contributed by atoms with E-state index in [1.807, 2.05) is 43.3 Å². The number of aryl methyl sites for hydroxylation is 1. The highest BCUT2D eigenvalue weighted by molar-refractivity contribution is 6.00. The largest absolute Gasteiger partial charge is 0.496 e. The second-order valence-corrected chi connectivity index (χ2v) is 5.64. The summed E-state index contributed by atoms with van der Waals surface area (Å²) in [6, 6.07) is 16.3. The highest BCUT2D eigenvalue weighted by atomic mass is 16.5. The van der Waals surface area contributed by atoms with Gasteiger partial charge in [-0.05, 0) is 25.1 Å². The van der Waals surface area contributed by atoms with E-state index in [0.717, 1.165) is 11.1 Å². The van der Waals surface area contributed by atoms with Crippen molar-refractivity contribution in [2.24, 2.45) is 0 Å². The number of nitrogens with zero attached hydrogens (tertiary/aromatic N) is 1. The second kappa shape index (κ2) is 7.52. The fourth-order valence-corrected chi connectivity index (χ4v) is 2.44. The van der Waals surface area contributed by atoms with Crippen LogP contribution in [0.3, 0.4) is 0 Å². The van der Waals surface area contributed by atoms with Crippen molar-refractivity contribution in [3.8, 4) is 17.0 Å². The zero-order valence-corrected chi connectivity index (χ0v) is 14.4. The number of H-pyrrole nitrogens is 1. The van der Waals surface area contributed by atoms with Gasteiger partial charge in [-0.2, -0.15) is 5.10 Å². The lowest BCUT2D eigenvalue weighted by atomic mass is 10.1. The van der Waals surface area contributed by atoms with Crippen LogP contribution in [0.5, 0.6) is 5.75 Å². The number of hydrogen-bond acceptors (Lipinski definition) is 4. The predicted molar refractivity (Wildman–Crippen MR) is 96.7 cm³/mol. The molecule has 0 aliphatic heterocycles. The van der Waals surface area contributed by atoms with Gasteiger partial charge in [0, 0.05) is 5.56 Å². The van der Waals surface area contributed by atoms with Gasteiger partial charge in [0.05, 0.1) is 18.4 Å². The summed E-state index contributed by atoms with van der Waals surface area (Å²) >= 11 is 0. The van der Waals surface area contributed by atoms with E-state index < -0.39 is 11.8 Å². The minimum absolute atomic E-state index is 0.236. The maximum absolute atomic E-state index is 12.3. The van der Waals surface area contributed by atoms with Crippen molar-refractivity contribution in [1.82, 2.24) is 21.0 Å². The van der Waals surface area contributed by atoms with E-state index >= 15 is 0 Å². The Labute approximate surface area is 150 Å². The molecule has 0 aliphatic rings. The van der Waals surface area contributed by atoms with Crippen molar-refractivity contribution in [3.05, 3.63) is 71.4 Å². The highest BCUT2D eigenvalue weighted by Gasteiger charge is 2.15. The molecule has 132 valence electrons. The SMILES string of the molecule is COc1ccc(C)cc1C(=O)NNC(=O)c1cc(-c2ccccc2)n[nH]1. The molecule has 0 fully saturated rings. The first-order valence-corrected chi connectivity index (χ1v) is 7.94. The van der Waals surface area contributed by atoms with Crippen LogP contribution in [0.25, 0.3) is 11.3 Å². The van der Waals surface area contributed by atoms with Gasteiger partial charge in [0.2, 0.25) is 0 Å². The number of methoxy groups -OCH3 is 1. The molecule has 1 aromatic heterocycles. The number of carbonyl (C=O) groups excluding carboxylic acids is 2. The zero-order valence-electron chi connectivity index (χ0n) is 14.4. The van der Waals surface area contributed by atoms with Crippen molar-refractivity contribution in [1.29, 1.82) is 0 Å². The first-order chi connectivity index (χ1) is 12.6. The summed E-state index contributed by atoms with van der Waals surface area (Å²) in [5.41, 5.74) is 7.75. The Morgan fingerprint density at radius 3 is 2.46 bits per heavy atom. The van der Waals surface area contributed by atoms with Gasteiger partial charge in [-0.15, -0.1) is 0 Å². The molecular weight excluding hydrogens is 332 g/mol. The molecular formula is C19H18N4O3. The molecule has 0 bridgehead atoms. The number of hydrazine groups is 1. The Morgan fingerprint density at radius 2 is 1.73 bits per heavy atom. The quantitative estimate of drug-likeness (QED) is 0.630. The summed E-state index contributed by atoms with van der Waals surface area (Å²) < 4.78 is 5.18. The van der Waals surface area contributed by atoms with E-state index in [9.17, 15) is 9.59 Å². The smallest absolute Gasteiger partial charge is 0.287 e. The lowest BCUT2D eigenvalue weighted by molar-refractivity contribution is 0.0842. The summed E-state index contributed by atoms with van der Waals surface area (Å²) in [7, 11) is 1.48. The third kappa shape index (κ3) is 3.72.